The Labute approximate surface area is 757 Å². The minimum atomic E-state index is 0.867. The SMILES string of the molecule is c1ccc(-c2cccc(N(c3ccc4ccc5c6ccccc6ccc5c4c3)c3cccc4sc5ccccc5c34)c2)cc1.c1ccc2c(c1)ccc1c3cc(N(c4ccc5c(c4)oc4ccccc45)c4ccc5oc6ccccc6c5c4)ccc3ccc21.c1ccc2cc(N(c3ccc4c(c3)oc3ccccc34)c3ccc4ccc5c6ccccc6ccc5c4c3)ccc2c1. The van der Waals surface area contributed by atoms with E-state index in [2.05, 4.69) is 445 Å². The molecule has 24 aromatic carbocycles. The Bertz CT molecular complexity index is 9510. The van der Waals surface area contributed by atoms with Gasteiger partial charge < -0.3 is 28.0 Å². The second-order valence-electron chi connectivity index (χ2n) is 34.1. The van der Waals surface area contributed by atoms with E-state index in [0.717, 1.165) is 111 Å². The Morgan fingerprint density at radius 3 is 0.962 bits per heavy atom. The maximum atomic E-state index is 6.36. The van der Waals surface area contributed by atoms with Crippen LogP contribution in [0.2, 0.25) is 0 Å². The van der Waals surface area contributed by atoms with Gasteiger partial charge in [-0.15, -0.1) is 11.3 Å². The van der Waals surface area contributed by atoms with Crippen molar-refractivity contribution in [3.05, 3.63) is 467 Å². The molecule has 131 heavy (non-hydrogen) atoms. The average Bonchev–Trinajstić information content (AvgIpc) is 1.74. The Morgan fingerprint density at radius 1 is 0.145 bits per heavy atom. The zero-order chi connectivity index (χ0) is 86.1. The molecule has 0 amide bonds. The van der Waals surface area contributed by atoms with Crippen LogP contribution in [0.5, 0.6) is 0 Å². The van der Waals surface area contributed by atoms with Crippen LogP contribution in [0.4, 0.5) is 51.2 Å². The first-order valence-corrected chi connectivity index (χ1v) is 45.4. The summed E-state index contributed by atoms with van der Waals surface area (Å²) in [6, 6.07) is 168. The summed E-state index contributed by atoms with van der Waals surface area (Å²) in [6.45, 7) is 0. The zero-order valence-electron chi connectivity index (χ0n) is 70.9. The van der Waals surface area contributed by atoms with Crippen molar-refractivity contribution in [2.75, 3.05) is 14.7 Å². The first kappa shape index (κ1) is 75.3. The largest absolute Gasteiger partial charge is 0.456 e. The van der Waals surface area contributed by atoms with Gasteiger partial charge in [-0.2, -0.15) is 0 Å². The molecule has 0 aliphatic rings. The lowest BCUT2D eigenvalue weighted by atomic mass is 9.96. The van der Waals surface area contributed by atoms with Gasteiger partial charge in [0.05, 0.1) is 5.69 Å². The first-order valence-electron chi connectivity index (χ1n) is 44.6. The van der Waals surface area contributed by atoms with Crippen LogP contribution in [0.15, 0.2) is 480 Å². The van der Waals surface area contributed by atoms with E-state index >= 15 is 0 Å². The first-order chi connectivity index (χ1) is 64.9. The Morgan fingerprint density at radius 2 is 0.450 bits per heavy atom. The predicted molar refractivity (Wildman–Crippen MR) is 559 cm³/mol. The quantitative estimate of drug-likeness (QED) is 0.127. The van der Waals surface area contributed by atoms with Crippen LogP contribution in [0.1, 0.15) is 0 Å². The molecule has 28 rings (SSSR count). The molecule has 0 aliphatic heterocycles. The number of rotatable bonds is 10. The molecule has 0 radical (unpaired) electrons. The Hall–Kier alpha value is -17.1. The number of anilines is 9. The van der Waals surface area contributed by atoms with Gasteiger partial charge in [-0.25, -0.2) is 0 Å². The lowest BCUT2D eigenvalue weighted by molar-refractivity contribution is 0.668. The normalized spacial score (nSPS) is 11.8. The van der Waals surface area contributed by atoms with Crippen LogP contribution in [0.25, 0.3) is 205 Å². The van der Waals surface area contributed by atoms with Crippen molar-refractivity contribution < 1.29 is 13.3 Å². The third kappa shape index (κ3) is 12.9. The highest BCUT2D eigenvalue weighted by Gasteiger charge is 2.25. The van der Waals surface area contributed by atoms with Gasteiger partial charge in [-0.1, -0.05) is 315 Å². The third-order valence-electron chi connectivity index (χ3n) is 26.6. The number of benzene rings is 24. The van der Waals surface area contributed by atoms with Gasteiger partial charge in [0.15, 0.2) is 0 Å². The molecule has 612 valence electrons. The molecule has 4 aromatic heterocycles. The van der Waals surface area contributed by atoms with E-state index in [1.54, 1.807) is 0 Å². The lowest BCUT2D eigenvalue weighted by Gasteiger charge is -2.27. The van der Waals surface area contributed by atoms with Gasteiger partial charge >= 0.3 is 0 Å². The highest BCUT2D eigenvalue weighted by Crippen LogP contribution is 2.50. The molecule has 0 saturated carbocycles. The number of para-hydroxylation sites is 3. The smallest absolute Gasteiger partial charge is 0.137 e. The van der Waals surface area contributed by atoms with Crippen LogP contribution < -0.4 is 14.7 Å². The highest BCUT2D eigenvalue weighted by molar-refractivity contribution is 7.26. The summed E-state index contributed by atoms with van der Waals surface area (Å²) in [5, 5.41) is 34.4. The second-order valence-corrected chi connectivity index (χ2v) is 35.2. The number of thiophene rings is 1. The van der Waals surface area contributed by atoms with Crippen molar-refractivity contribution >= 4 is 256 Å². The summed E-state index contributed by atoms with van der Waals surface area (Å²) < 4.78 is 21.5. The summed E-state index contributed by atoms with van der Waals surface area (Å²) in [6.07, 6.45) is 0. The van der Waals surface area contributed by atoms with Crippen LogP contribution in [0, 0.1) is 0 Å². The molecule has 7 heteroatoms. The number of fused-ring (bicyclic) bond motifs is 28. The van der Waals surface area contributed by atoms with Crippen LogP contribution in [-0.4, -0.2) is 0 Å². The number of nitrogens with zero attached hydrogens (tertiary/aromatic N) is 3. The van der Waals surface area contributed by atoms with E-state index in [9.17, 15) is 0 Å². The number of furan rings is 3. The van der Waals surface area contributed by atoms with E-state index in [0.29, 0.717) is 0 Å². The van der Waals surface area contributed by atoms with Gasteiger partial charge in [0.1, 0.15) is 33.5 Å². The minimum Gasteiger partial charge on any atom is -0.456 e. The predicted octanol–water partition coefficient (Wildman–Crippen LogP) is 36.7. The van der Waals surface area contributed by atoms with Crippen molar-refractivity contribution in [2.45, 2.75) is 0 Å². The topological polar surface area (TPSA) is 49.1 Å². The van der Waals surface area contributed by atoms with Crippen molar-refractivity contribution in [3.8, 4) is 11.1 Å². The molecule has 6 nitrogen and oxygen atoms in total. The van der Waals surface area contributed by atoms with Crippen molar-refractivity contribution in [1.29, 1.82) is 0 Å². The molecule has 0 aliphatic carbocycles. The maximum Gasteiger partial charge on any atom is 0.137 e. The molecule has 0 fully saturated rings. The molecule has 0 unspecified atom stereocenters. The van der Waals surface area contributed by atoms with Crippen molar-refractivity contribution in [2.24, 2.45) is 0 Å². The van der Waals surface area contributed by atoms with Crippen LogP contribution in [0.3, 0.4) is 0 Å². The average molecular weight is 1690 g/mol. The number of hydrogen-bond acceptors (Lipinski definition) is 7. The molecule has 28 aromatic rings. The molecule has 0 spiro atoms. The van der Waals surface area contributed by atoms with Gasteiger partial charge in [0, 0.05) is 110 Å². The van der Waals surface area contributed by atoms with Crippen molar-refractivity contribution in [1.82, 2.24) is 0 Å². The maximum absolute atomic E-state index is 6.36. The van der Waals surface area contributed by atoms with Gasteiger partial charge in [-0.3, -0.25) is 0 Å². The third-order valence-corrected chi connectivity index (χ3v) is 27.8. The van der Waals surface area contributed by atoms with Crippen LogP contribution >= 0.6 is 11.3 Å². The fourth-order valence-corrected chi connectivity index (χ4v) is 21.6. The van der Waals surface area contributed by atoms with Gasteiger partial charge in [0.25, 0.3) is 0 Å². The fourth-order valence-electron chi connectivity index (χ4n) is 20.4. The summed E-state index contributed by atoms with van der Waals surface area (Å²) in [4.78, 5) is 7.12. The molecule has 0 atom stereocenters. The van der Waals surface area contributed by atoms with Crippen molar-refractivity contribution in [3.63, 3.8) is 0 Å². The molecular weight excluding hydrogens is 1610 g/mol. The van der Waals surface area contributed by atoms with E-state index in [1.807, 2.05) is 47.7 Å². The molecule has 0 bridgehead atoms. The number of hydrogen-bond donors (Lipinski definition) is 0. The van der Waals surface area contributed by atoms with E-state index < -0.39 is 0 Å². The van der Waals surface area contributed by atoms with E-state index in [4.69, 9.17) is 13.3 Å². The van der Waals surface area contributed by atoms with E-state index in [-0.39, 0.29) is 0 Å². The molecule has 0 N–H and O–H groups in total. The molecular formula is C124H77N3O3S. The lowest BCUT2D eigenvalue weighted by Crippen LogP contribution is -2.10. The molecule has 0 saturated heterocycles. The highest BCUT2D eigenvalue weighted by atomic mass is 32.1. The summed E-state index contributed by atoms with van der Waals surface area (Å²) in [7, 11) is 0. The fraction of sp³-hybridized carbons (Fsp3) is 0. The minimum absolute atomic E-state index is 0.867. The van der Waals surface area contributed by atoms with Crippen LogP contribution in [-0.2, 0) is 0 Å². The van der Waals surface area contributed by atoms with Gasteiger partial charge in [0.2, 0.25) is 0 Å². The van der Waals surface area contributed by atoms with Gasteiger partial charge in [-0.05, 0) is 258 Å². The van der Waals surface area contributed by atoms with E-state index in [1.165, 1.54) is 145 Å². The zero-order valence-corrected chi connectivity index (χ0v) is 71.7. The standard InChI is InChI=1S/C42H25NO2.C42H27NS.C40H25NO/c1-2-8-31-26(7-1)14-20-33-32(31)19-15-27-13-16-28(23-37(27)33)43(29-18-22-41-38(24-29)35-10-4-6-12-40(35)44-41)30-17-21-36-34-9-3-5-11-39(34)45-42(36)25-30;1-2-10-28(11-3-1)31-13-8-14-32(26-31)43(39-17-9-19-41-42(39)37-16-6-7-18-40(37)44-41)33-23-20-30-22-24-35-34-15-5-4-12-29(34)21-25-36(35)38(30)27-33;1-2-9-29-23-30(17-13-26(29)7-1)41(32-19-22-37-36-11-5-6-12-39(36)42-40(37)25-32)31-18-14-28-16-20-34-33-10-4-3-8-27(33)15-21-35(34)38(28)24-31/h1-25H;1-27H;1-25H. The monoisotopic (exact) mass is 1690 g/mol. The summed E-state index contributed by atoms with van der Waals surface area (Å²) >= 11 is 1.86. The second kappa shape index (κ2) is 30.9. The Kier molecular flexibility index (Phi) is 17.7. The Balaban J connectivity index is 0.000000103. The summed E-state index contributed by atoms with van der Waals surface area (Å²) in [5.41, 5.74) is 17.6. The summed E-state index contributed by atoms with van der Waals surface area (Å²) in [5.74, 6) is 0. The molecule has 4 heterocycles.